The zero-order valence-electron chi connectivity index (χ0n) is 34.0. The number of nitrogens with zero attached hydrogens (tertiary/aromatic N) is 6. The lowest BCUT2D eigenvalue weighted by molar-refractivity contribution is 0.340. The maximum absolute atomic E-state index is 12.9. The average Bonchev–Trinajstić information content (AvgIpc) is 3.95. The lowest BCUT2D eigenvalue weighted by Crippen LogP contribution is -2.48. The Kier molecular flexibility index (Phi) is 15.4. The summed E-state index contributed by atoms with van der Waals surface area (Å²) in [6, 6.07) is 30.4. The zero-order valence-corrected chi connectivity index (χ0v) is 40.4. The summed E-state index contributed by atoms with van der Waals surface area (Å²) in [4.78, 5) is 14.6. The molecule has 0 unspecified atom stereocenters. The number of thiazole rings is 2. The van der Waals surface area contributed by atoms with Crippen molar-refractivity contribution in [1.82, 2.24) is 18.6 Å². The number of hydrogen-bond donors (Lipinski definition) is 0. The maximum atomic E-state index is 12.9. The van der Waals surface area contributed by atoms with E-state index in [1.807, 2.05) is 19.1 Å². The lowest BCUT2D eigenvalue weighted by atomic mass is 10.1. The van der Waals surface area contributed by atoms with Crippen molar-refractivity contribution >= 4 is 84.8 Å². The van der Waals surface area contributed by atoms with Crippen LogP contribution in [0.1, 0.15) is 41.9 Å². The minimum atomic E-state index is -3.47. The van der Waals surface area contributed by atoms with E-state index in [-0.39, 0.29) is 0 Å². The van der Waals surface area contributed by atoms with Crippen molar-refractivity contribution in [2.45, 2.75) is 42.9 Å². The van der Waals surface area contributed by atoms with E-state index in [1.165, 1.54) is 16.7 Å². The molecule has 2 fully saturated rings. The van der Waals surface area contributed by atoms with Crippen LogP contribution in [0.25, 0.3) is 0 Å². The van der Waals surface area contributed by atoms with E-state index >= 15 is 0 Å². The maximum Gasteiger partial charge on any atom is 0.243 e. The molecule has 0 atom stereocenters. The first-order chi connectivity index (χ1) is 29.4. The molecule has 17 heteroatoms. The van der Waals surface area contributed by atoms with E-state index in [9.17, 15) is 16.8 Å². The number of hydrogen-bond acceptors (Lipinski definition) is 11. The number of benzene rings is 4. The molecule has 61 heavy (non-hydrogen) atoms. The Labute approximate surface area is 384 Å². The van der Waals surface area contributed by atoms with Gasteiger partial charge in [-0.2, -0.15) is 8.61 Å². The summed E-state index contributed by atoms with van der Waals surface area (Å²) in [5.41, 5.74) is 5.87. The van der Waals surface area contributed by atoms with Gasteiger partial charge in [-0.05, 0) is 90.7 Å². The highest BCUT2D eigenvalue weighted by Crippen LogP contribution is 2.28. The Morgan fingerprint density at radius 3 is 1.30 bits per heavy atom. The quantitative estimate of drug-likeness (QED) is 0.112. The summed E-state index contributed by atoms with van der Waals surface area (Å²) in [6.45, 7) is 9.17. The molecule has 6 aromatic rings. The third kappa shape index (κ3) is 11.7. The standard InChI is InChI=1S/C22H24BrN3O3S2.C22H24BrN3O2S2/c1-2-29-20-7-3-17(4-8-20)15-19-16-30-22(24-19)25-11-13-26(14-12-25)31(27,28)21-9-5-18(23)6-10-21;1-2-17-3-5-18(6-4-17)15-20-16-29-22(24-20)25-11-13-26(14-12-25)30(27,28)21-9-7-19(23)8-10-21/h3-10,16H,2,11-15H2,1H3;3-10,16H,2,11-15H2,1H3. The van der Waals surface area contributed by atoms with Crippen molar-refractivity contribution in [3.63, 3.8) is 0 Å². The van der Waals surface area contributed by atoms with E-state index in [1.54, 1.807) is 79.8 Å². The van der Waals surface area contributed by atoms with Crippen LogP contribution < -0.4 is 14.5 Å². The fourth-order valence-electron chi connectivity index (χ4n) is 6.98. The second-order valence-electron chi connectivity index (χ2n) is 14.5. The van der Waals surface area contributed by atoms with Gasteiger partial charge in [0.25, 0.3) is 0 Å². The first-order valence-corrected chi connectivity index (χ1v) is 26.3. The minimum Gasteiger partial charge on any atom is -0.494 e. The van der Waals surface area contributed by atoms with Crippen molar-refractivity contribution in [2.75, 3.05) is 68.8 Å². The molecule has 8 rings (SSSR count). The molecule has 0 spiro atoms. The molecule has 2 saturated heterocycles. The molecule has 0 radical (unpaired) electrons. The highest BCUT2D eigenvalue weighted by molar-refractivity contribution is 9.10. The second-order valence-corrected chi connectivity index (χ2v) is 21.9. The Bertz CT molecular complexity index is 2560. The van der Waals surface area contributed by atoms with Crippen molar-refractivity contribution in [2.24, 2.45) is 0 Å². The van der Waals surface area contributed by atoms with Gasteiger partial charge in [0.2, 0.25) is 20.0 Å². The molecule has 4 heterocycles. The fraction of sp³-hybridized carbons (Fsp3) is 0.318. The number of piperazine rings is 2. The first kappa shape index (κ1) is 45.3. The van der Waals surface area contributed by atoms with Crippen LogP contribution in [0.5, 0.6) is 5.75 Å². The van der Waals surface area contributed by atoms with Crippen LogP contribution in [-0.2, 0) is 39.3 Å². The van der Waals surface area contributed by atoms with Gasteiger partial charge in [0, 0.05) is 84.9 Å². The van der Waals surface area contributed by atoms with Crippen LogP contribution in [-0.4, -0.2) is 94.4 Å². The Balaban J connectivity index is 0.000000184. The molecular formula is C44H48Br2N6O5S4. The van der Waals surface area contributed by atoms with Gasteiger partial charge in [-0.3, -0.25) is 0 Å². The van der Waals surface area contributed by atoms with Crippen LogP contribution in [0, 0.1) is 0 Å². The molecule has 2 aromatic heterocycles. The number of aromatic nitrogens is 2. The first-order valence-electron chi connectivity index (χ1n) is 20.1. The SMILES string of the molecule is CCOc1ccc(Cc2csc(N3CCN(S(=O)(=O)c4ccc(Br)cc4)CC3)n2)cc1.CCc1ccc(Cc2csc(N3CCN(S(=O)(=O)c4ccc(Br)cc4)CC3)n2)cc1. The van der Waals surface area contributed by atoms with Crippen molar-refractivity contribution < 1.29 is 21.6 Å². The van der Waals surface area contributed by atoms with Crippen molar-refractivity contribution in [1.29, 1.82) is 0 Å². The second kappa shape index (κ2) is 20.7. The number of sulfonamides is 2. The number of ether oxygens (including phenoxy) is 1. The predicted octanol–water partition coefficient (Wildman–Crippen LogP) is 8.98. The van der Waals surface area contributed by atoms with Gasteiger partial charge in [0.05, 0.1) is 27.8 Å². The molecule has 0 aliphatic carbocycles. The summed E-state index contributed by atoms with van der Waals surface area (Å²) in [5.74, 6) is 0.876. The molecule has 0 N–H and O–H groups in total. The van der Waals surface area contributed by atoms with Crippen LogP contribution >= 0.6 is 54.5 Å². The molecule has 2 aliphatic rings. The van der Waals surface area contributed by atoms with E-state index in [0.717, 1.165) is 55.6 Å². The number of anilines is 2. The fourth-order valence-corrected chi connectivity index (χ4v) is 12.1. The van der Waals surface area contributed by atoms with Crippen LogP contribution in [0.4, 0.5) is 10.3 Å². The molecule has 2 aliphatic heterocycles. The molecule has 322 valence electrons. The summed E-state index contributed by atoms with van der Waals surface area (Å²) >= 11 is 9.94. The Hall–Kier alpha value is -3.68. The lowest BCUT2D eigenvalue weighted by Gasteiger charge is -2.33. The van der Waals surface area contributed by atoms with Crippen LogP contribution in [0.2, 0.25) is 0 Å². The summed E-state index contributed by atoms with van der Waals surface area (Å²) < 4.78 is 61.9. The van der Waals surface area contributed by atoms with Crippen molar-refractivity contribution in [3.8, 4) is 5.75 Å². The van der Waals surface area contributed by atoms with Gasteiger partial charge < -0.3 is 14.5 Å². The van der Waals surface area contributed by atoms with E-state index in [2.05, 4.69) is 95.7 Å². The summed E-state index contributed by atoms with van der Waals surface area (Å²) in [5, 5.41) is 6.10. The van der Waals surface area contributed by atoms with Crippen LogP contribution in [0.3, 0.4) is 0 Å². The predicted molar refractivity (Wildman–Crippen MR) is 253 cm³/mol. The largest absolute Gasteiger partial charge is 0.494 e. The van der Waals surface area contributed by atoms with Crippen LogP contribution in [0.15, 0.2) is 127 Å². The monoisotopic (exact) mass is 1030 g/mol. The van der Waals surface area contributed by atoms with Gasteiger partial charge >= 0.3 is 0 Å². The normalized spacial score (nSPS) is 15.3. The molecule has 0 amide bonds. The smallest absolute Gasteiger partial charge is 0.243 e. The van der Waals surface area contributed by atoms with Gasteiger partial charge in [-0.1, -0.05) is 75.2 Å². The molecular weight excluding hydrogens is 981 g/mol. The van der Waals surface area contributed by atoms with Gasteiger partial charge in [-0.25, -0.2) is 26.8 Å². The molecule has 11 nitrogen and oxygen atoms in total. The highest BCUT2D eigenvalue weighted by Gasteiger charge is 2.31. The Morgan fingerprint density at radius 2 is 0.918 bits per heavy atom. The molecule has 4 aromatic carbocycles. The summed E-state index contributed by atoms with van der Waals surface area (Å²) in [7, 11) is -6.93. The topological polar surface area (TPSA) is 116 Å². The molecule has 0 bridgehead atoms. The third-order valence-electron chi connectivity index (χ3n) is 10.4. The number of aryl methyl sites for hydroxylation is 1. The Morgan fingerprint density at radius 1 is 0.541 bits per heavy atom. The van der Waals surface area contributed by atoms with Crippen molar-refractivity contribution in [3.05, 3.63) is 145 Å². The van der Waals surface area contributed by atoms with E-state index in [4.69, 9.17) is 14.7 Å². The summed E-state index contributed by atoms with van der Waals surface area (Å²) in [6.07, 6.45) is 2.63. The van der Waals surface area contributed by atoms with E-state index in [0.29, 0.717) is 68.8 Å². The van der Waals surface area contributed by atoms with Gasteiger partial charge in [0.15, 0.2) is 10.3 Å². The average molecular weight is 1030 g/mol. The number of rotatable bonds is 13. The van der Waals surface area contributed by atoms with E-state index < -0.39 is 20.0 Å². The zero-order chi connectivity index (χ0) is 43.0. The minimum absolute atomic E-state index is 0.330. The number of halogens is 2. The third-order valence-corrected chi connectivity index (χ3v) is 17.2. The molecule has 0 saturated carbocycles. The van der Waals surface area contributed by atoms with Gasteiger partial charge in [0.1, 0.15) is 5.75 Å². The van der Waals surface area contributed by atoms with Gasteiger partial charge in [-0.15, -0.1) is 22.7 Å². The highest BCUT2D eigenvalue weighted by atomic mass is 79.9.